The predicted octanol–water partition coefficient (Wildman–Crippen LogP) is 2.59. The molecule has 0 unspecified atom stereocenters. The number of carbonyl (C=O) groups is 1. The lowest BCUT2D eigenvalue weighted by Gasteiger charge is -2.35. The van der Waals surface area contributed by atoms with Gasteiger partial charge in [-0.2, -0.15) is 5.10 Å². The van der Waals surface area contributed by atoms with Crippen LogP contribution in [0.2, 0.25) is 0 Å². The molecule has 2 aromatic rings. The standard InChI is InChI=1S/C18H18F2N4O/c19-13-2-1-3-14(20)17(13)18(25)24-10-8-23(9-11-24)16-7-6-15(21-22-16)12-4-5-12/h1-3,6-7,12H,4-5,8-11H2. The van der Waals surface area contributed by atoms with Crippen molar-refractivity contribution in [1.82, 2.24) is 15.1 Å². The summed E-state index contributed by atoms with van der Waals surface area (Å²) < 4.78 is 27.6. The summed E-state index contributed by atoms with van der Waals surface area (Å²) in [7, 11) is 0. The summed E-state index contributed by atoms with van der Waals surface area (Å²) in [6.45, 7) is 1.88. The average Bonchev–Trinajstić information content (AvgIpc) is 3.47. The molecule has 0 radical (unpaired) electrons. The summed E-state index contributed by atoms with van der Waals surface area (Å²) in [5.41, 5.74) is 0.553. The highest BCUT2D eigenvalue weighted by Gasteiger charge is 2.28. The van der Waals surface area contributed by atoms with Gasteiger partial charge in [0.1, 0.15) is 17.2 Å². The van der Waals surface area contributed by atoms with Gasteiger partial charge in [-0.1, -0.05) is 6.07 Å². The Bertz CT molecular complexity index is 764. The molecule has 25 heavy (non-hydrogen) atoms. The minimum absolute atomic E-state index is 0.388. The third kappa shape index (κ3) is 3.18. The third-order valence-corrected chi connectivity index (χ3v) is 4.73. The number of amides is 1. The first-order chi connectivity index (χ1) is 12.1. The van der Waals surface area contributed by atoms with Crippen molar-refractivity contribution in [3.8, 4) is 0 Å². The first-order valence-electron chi connectivity index (χ1n) is 8.45. The van der Waals surface area contributed by atoms with E-state index < -0.39 is 23.1 Å². The number of hydrogen-bond donors (Lipinski definition) is 0. The van der Waals surface area contributed by atoms with Crippen molar-refractivity contribution in [1.29, 1.82) is 0 Å². The number of hydrogen-bond acceptors (Lipinski definition) is 4. The summed E-state index contributed by atoms with van der Waals surface area (Å²) >= 11 is 0. The monoisotopic (exact) mass is 344 g/mol. The second-order valence-corrected chi connectivity index (χ2v) is 6.47. The molecule has 1 aliphatic carbocycles. The highest BCUT2D eigenvalue weighted by Crippen LogP contribution is 2.38. The summed E-state index contributed by atoms with van der Waals surface area (Å²) in [5, 5.41) is 8.54. The second-order valence-electron chi connectivity index (χ2n) is 6.47. The first-order valence-corrected chi connectivity index (χ1v) is 8.45. The van der Waals surface area contributed by atoms with Crippen LogP contribution in [0.4, 0.5) is 14.6 Å². The van der Waals surface area contributed by atoms with Crippen LogP contribution in [-0.4, -0.2) is 47.2 Å². The van der Waals surface area contributed by atoms with Gasteiger partial charge in [0, 0.05) is 32.1 Å². The van der Waals surface area contributed by atoms with E-state index in [0.717, 1.165) is 23.6 Å². The van der Waals surface area contributed by atoms with Crippen LogP contribution in [0.1, 0.15) is 34.8 Å². The Hall–Kier alpha value is -2.57. The highest BCUT2D eigenvalue weighted by atomic mass is 19.1. The lowest BCUT2D eigenvalue weighted by atomic mass is 10.1. The van der Waals surface area contributed by atoms with Gasteiger partial charge in [-0.05, 0) is 37.1 Å². The fourth-order valence-electron chi connectivity index (χ4n) is 3.10. The zero-order valence-electron chi connectivity index (χ0n) is 13.7. The molecule has 1 amide bonds. The van der Waals surface area contributed by atoms with Crippen LogP contribution in [0.15, 0.2) is 30.3 Å². The van der Waals surface area contributed by atoms with Crippen molar-refractivity contribution in [3.05, 3.63) is 53.2 Å². The van der Waals surface area contributed by atoms with Crippen LogP contribution in [0.25, 0.3) is 0 Å². The minimum atomic E-state index is -0.825. The number of nitrogens with zero attached hydrogens (tertiary/aromatic N) is 4. The maximum atomic E-state index is 13.8. The topological polar surface area (TPSA) is 49.3 Å². The minimum Gasteiger partial charge on any atom is -0.352 e. The molecule has 1 saturated heterocycles. The molecule has 0 N–H and O–H groups in total. The van der Waals surface area contributed by atoms with E-state index in [2.05, 4.69) is 10.2 Å². The van der Waals surface area contributed by atoms with Gasteiger partial charge in [-0.15, -0.1) is 5.10 Å². The molecule has 1 saturated carbocycles. The van der Waals surface area contributed by atoms with Gasteiger partial charge in [0.05, 0.1) is 5.69 Å². The zero-order valence-corrected chi connectivity index (χ0v) is 13.7. The van der Waals surface area contributed by atoms with Crippen molar-refractivity contribution < 1.29 is 13.6 Å². The van der Waals surface area contributed by atoms with E-state index in [4.69, 9.17) is 0 Å². The maximum Gasteiger partial charge on any atom is 0.259 e. The summed E-state index contributed by atoms with van der Waals surface area (Å²) in [5.74, 6) is -0.923. The molecule has 1 aliphatic heterocycles. The molecule has 2 fully saturated rings. The van der Waals surface area contributed by atoms with Gasteiger partial charge in [0.25, 0.3) is 5.91 Å². The molecule has 0 bridgehead atoms. The number of piperazine rings is 1. The molecular weight excluding hydrogens is 326 g/mol. The number of rotatable bonds is 3. The van der Waals surface area contributed by atoms with Gasteiger partial charge >= 0.3 is 0 Å². The Morgan fingerprint density at radius 3 is 2.20 bits per heavy atom. The Labute approximate surface area is 144 Å². The van der Waals surface area contributed by atoms with E-state index in [-0.39, 0.29) is 0 Å². The van der Waals surface area contributed by atoms with E-state index >= 15 is 0 Å². The van der Waals surface area contributed by atoms with Gasteiger partial charge < -0.3 is 9.80 Å². The van der Waals surface area contributed by atoms with Crippen LogP contribution in [0, 0.1) is 11.6 Å². The summed E-state index contributed by atoms with van der Waals surface area (Å²) in [4.78, 5) is 15.9. The molecular formula is C18H18F2N4O. The Kier molecular flexibility index (Phi) is 4.07. The third-order valence-electron chi connectivity index (χ3n) is 4.73. The lowest BCUT2D eigenvalue weighted by Crippen LogP contribution is -2.49. The van der Waals surface area contributed by atoms with Crippen LogP contribution in [-0.2, 0) is 0 Å². The molecule has 4 rings (SSSR count). The molecule has 2 heterocycles. The fraction of sp³-hybridized carbons (Fsp3) is 0.389. The van der Waals surface area contributed by atoms with Crippen LogP contribution < -0.4 is 4.90 Å². The molecule has 1 aromatic heterocycles. The van der Waals surface area contributed by atoms with E-state index in [1.165, 1.54) is 23.8 Å². The Morgan fingerprint density at radius 1 is 0.960 bits per heavy atom. The maximum absolute atomic E-state index is 13.8. The number of halogens is 2. The van der Waals surface area contributed by atoms with Crippen molar-refractivity contribution in [2.24, 2.45) is 0 Å². The van der Waals surface area contributed by atoms with Crippen LogP contribution in [0.5, 0.6) is 0 Å². The number of aromatic nitrogens is 2. The van der Waals surface area contributed by atoms with E-state index in [1.807, 2.05) is 17.0 Å². The smallest absolute Gasteiger partial charge is 0.259 e. The van der Waals surface area contributed by atoms with Crippen molar-refractivity contribution in [3.63, 3.8) is 0 Å². The number of carbonyl (C=O) groups excluding carboxylic acids is 1. The quantitative estimate of drug-likeness (QED) is 0.859. The van der Waals surface area contributed by atoms with E-state index in [0.29, 0.717) is 32.1 Å². The summed E-state index contributed by atoms with van der Waals surface area (Å²) in [6, 6.07) is 7.41. The highest BCUT2D eigenvalue weighted by molar-refractivity contribution is 5.95. The van der Waals surface area contributed by atoms with Gasteiger partial charge in [-0.25, -0.2) is 8.78 Å². The van der Waals surface area contributed by atoms with Crippen LogP contribution >= 0.6 is 0 Å². The van der Waals surface area contributed by atoms with Crippen molar-refractivity contribution in [2.75, 3.05) is 31.1 Å². The first kappa shape index (κ1) is 15.9. The van der Waals surface area contributed by atoms with Crippen molar-refractivity contribution in [2.45, 2.75) is 18.8 Å². The number of anilines is 1. The fourth-order valence-corrected chi connectivity index (χ4v) is 3.10. The Morgan fingerprint density at radius 2 is 1.64 bits per heavy atom. The molecule has 2 aliphatic rings. The summed E-state index contributed by atoms with van der Waals surface area (Å²) in [6.07, 6.45) is 2.36. The largest absolute Gasteiger partial charge is 0.352 e. The van der Waals surface area contributed by atoms with Crippen LogP contribution in [0.3, 0.4) is 0 Å². The van der Waals surface area contributed by atoms with Crippen molar-refractivity contribution >= 4 is 11.7 Å². The molecule has 0 spiro atoms. The molecule has 1 aromatic carbocycles. The molecule has 130 valence electrons. The Balaban J connectivity index is 1.41. The average molecular weight is 344 g/mol. The normalized spacial score (nSPS) is 17.7. The van der Waals surface area contributed by atoms with Gasteiger partial charge in [-0.3, -0.25) is 4.79 Å². The molecule has 7 heteroatoms. The van der Waals surface area contributed by atoms with E-state index in [9.17, 15) is 13.6 Å². The van der Waals surface area contributed by atoms with Gasteiger partial charge in [0.15, 0.2) is 5.82 Å². The second kappa shape index (κ2) is 6.38. The zero-order chi connectivity index (χ0) is 17.4. The van der Waals surface area contributed by atoms with Gasteiger partial charge in [0.2, 0.25) is 0 Å². The lowest BCUT2D eigenvalue weighted by molar-refractivity contribution is 0.0736. The SMILES string of the molecule is O=C(c1c(F)cccc1F)N1CCN(c2ccc(C3CC3)nn2)CC1. The molecule has 5 nitrogen and oxygen atoms in total. The predicted molar refractivity (Wildman–Crippen MR) is 88.5 cm³/mol. The van der Waals surface area contributed by atoms with E-state index in [1.54, 1.807) is 0 Å². The number of benzene rings is 1. The molecule has 0 atom stereocenters.